The monoisotopic (exact) mass is 138 g/mol. The standard InChI is InChI=1S/C8H10O2/c1-2-8(5-6-8)4-3-7(9)10/h2-4H,1,5-6H2,(H,9,10). The zero-order valence-electron chi connectivity index (χ0n) is 5.71. The number of allylic oxidation sites excluding steroid dienone is 2. The number of hydrogen-bond donors (Lipinski definition) is 1. The van der Waals surface area contributed by atoms with Crippen LogP contribution in [0.25, 0.3) is 0 Å². The highest BCUT2D eigenvalue weighted by molar-refractivity contribution is 5.80. The predicted molar refractivity (Wildman–Crippen MR) is 38.6 cm³/mol. The van der Waals surface area contributed by atoms with Gasteiger partial charge in [0.2, 0.25) is 0 Å². The quantitative estimate of drug-likeness (QED) is 0.475. The third-order valence-corrected chi connectivity index (χ3v) is 1.79. The van der Waals surface area contributed by atoms with Crippen LogP contribution in [0.1, 0.15) is 12.8 Å². The highest BCUT2D eigenvalue weighted by Crippen LogP contribution is 2.47. The molecule has 0 aliphatic heterocycles. The fourth-order valence-corrected chi connectivity index (χ4v) is 0.820. The van der Waals surface area contributed by atoms with E-state index in [1.54, 1.807) is 6.08 Å². The average molecular weight is 138 g/mol. The van der Waals surface area contributed by atoms with Gasteiger partial charge in [-0.15, -0.1) is 6.58 Å². The molecule has 10 heavy (non-hydrogen) atoms. The second-order valence-electron chi connectivity index (χ2n) is 2.61. The number of rotatable bonds is 3. The Labute approximate surface area is 59.9 Å². The Morgan fingerprint density at radius 2 is 2.20 bits per heavy atom. The molecule has 0 aromatic carbocycles. The molecule has 0 aromatic rings. The fraction of sp³-hybridized carbons (Fsp3) is 0.375. The lowest BCUT2D eigenvalue weighted by Gasteiger charge is -1.96. The predicted octanol–water partition coefficient (Wildman–Crippen LogP) is 1.59. The molecule has 1 fully saturated rings. The van der Waals surface area contributed by atoms with Crippen LogP contribution in [-0.2, 0) is 4.79 Å². The molecule has 0 radical (unpaired) electrons. The molecule has 1 saturated carbocycles. The normalized spacial score (nSPS) is 20.8. The lowest BCUT2D eigenvalue weighted by molar-refractivity contribution is -0.131. The molecule has 0 unspecified atom stereocenters. The summed E-state index contributed by atoms with van der Waals surface area (Å²) in [7, 11) is 0. The minimum absolute atomic E-state index is 0.0262. The van der Waals surface area contributed by atoms with Crippen molar-refractivity contribution in [3.8, 4) is 0 Å². The van der Waals surface area contributed by atoms with Crippen molar-refractivity contribution in [2.24, 2.45) is 5.41 Å². The first-order valence-electron chi connectivity index (χ1n) is 3.24. The van der Waals surface area contributed by atoms with Gasteiger partial charge in [0.1, 0.15) is 0 Å². The van der Waals surface area contributed by atoms with Gasteiger partial charge in [-0.3, -0.25) is 0 Å². The summed E-state index contributed by atoms with van der Waals surface area (Å²) in [6, 6.07) is 0. The molecule has 1 rings (SSSR count). The van der Waals surface area contributed by atoms with E-state index in [1.165, 1.54) is 6.08 Å². The van der Waals surface area contributed by atoms with E-state index in [2.05, 4.69) is 6.58 Å². The van der Waals surface area contributed by atoms with Gasteiger partial charge < -0.3 is 5.11 Å². The van der Waals surface area contributed by atoms with Crippen LogP contribution in [0.4, 0.5) is 0 Å². The molecule has 2 heteroatoms. The summed E-state index contributed by atoms with van der Waals surface area (Å²) in [5.41, 5.74) is 0.0262. The first kappa shape index (κ1) is 7.06. The van der Waals surface area contributed by atoms with Gasteiger partial charge in [0.15, 0.2) is 0 Å². The summed E-state index contributed by atoms with van der Waals surface area (Å²) in [6.45, 7) is 3.63. The molecule has 1 aliphatic rings. The van der Waals surface area contributed by atoms with Crippen molar-refractivity contribution in [1.82, 2.24) is 0 Å². The minimum Gasteiger partial charge on any atom is -0.478 e. The van der Waals surface area contributed by atoms with E-state index in [-0.39, 0.29) is 5.41 Å². The molecule has 0 saturated heterocycles. The highest BCUT2D eigenvalue weighted by atomic mass is 16.4. The molecular formula is C8H10O2. The Morgan fingerprint density at radius 3 is 2.50 bits per heavy atom. The molecule has 1 aliphatic carbocycles. The van der Waals surface area contributed by atoms with Crippen molar-refractivity contribution < 1.29 is 9.90 Å². The lowest BCUT2D eigenvalue weighted by atomic mass is 10.1. The van der Waals surface area contributed by atoms with Gasteiger partial charge in [-0.1, -0.05) is 12.2 Å². The topological polar surface area (TPSA) is 37.3 Å². The van der Waals surface area contributed by atoms with Crippen molar-refractivity contribution in [3.63, 3.8) is 0 Å². The van der Waals surface area contributed by atoms with Gasteiger partial charge in [-0.05, 0) is 12.8 Å². The Hall–Kier alpha value is -1.05. The first-order valence-corrected chi connectivity index (χ1v) is 3.24. The summed E-state index contributed by atoms with van der Waals surface area (Å²) in [5, 5.41) is 8.28. The summed E-state index contributed by atoms with van der Waals surface area (Å²) in [5.74, 6) is -0.881. The van der Waals surface area contributed by atoms with E-state index in [1.807, 2.05) is 6.08 Å². The number of hydrogen-bond acceptors (Lipinski definition) is 1. The fourth-order valence-electron chi connectivity index (χ4n) is 0.820. The highest BCUT2D eigenvalue weighted by Gasteiger charge is 2.36. The maximum Gasteiger partial charge on any atom is 0.328 e. The molecule has 1 N–H and O–H groups in total. The summed E-state index contributed by atoms with van der Waals surface area (Å²) in [4.78, 5) is 10.1. The van der Waals surface area contributed by atoms with Crippen LogP contribution in [-0.4, -0.2) is 11.1 Å². The van der Waals surface area contributed by atoms with Crippen molar-refractivity contribution in [1.29, 1.82) is 0 Å². The maximum absolute atomic E-state index is 10.1. The molecule has 0 bridgehead atoms. The molecular weight excluding hydrogens is 128 g/mol. The van der Waals surface area contributed by atoms with Crippen molar-refractivity contribution in [2.75, 3.05) is 0 Å². The summed E-state index contributed by atoms with van der Waals surface area (Å²) < 4.78 is 0. The second kappa shape index (κ2) is 2.29. The number of carbonyl (C=O) groups is 1. The molecule has 54 valence electrons. The molecule has 0 heterocycles. The van der Waals surface area contributed by atoms with Gasteiger partial charge in [0.05, 0.1) is 0 Å². The van der Waals surface area contributed by atoms with Crippen LogP contribution in [0, 0.1) is 5.41 Å². The molecule has 2 nitrogen and oxygen atoms in total. The Morgan fingerprint density at radius 1 is 1.60 bits per heavy atom. The number of carboxylic acid groups (broad SMARTS) is 1. The minimum atomic E-state index is -0.881. The van der Waals surface area contributed by atoms with Crippen molar-refractivity contribution in [2.45, 2.75) is 12.8 Å². The summed E-state index contributed by atoms with van der Waals surface area (Å²) >= 11 is 0. The number of carboxylic acids is 1. The van der Waals surface area contributed by atoms with E-state index in [4.69, 9.17) is 5.11 Å². The van der Waals surface area contributed by atoms with Crippen LogP contribution in [0.2, 0.25) is 0 Å². The zero-order valence-corrected chi connectivity index (χ0v) is 5.71. The molecule has 0 atom stereocenters. The largest absolute Gasteiger partial charge is 0.478 e. The van der Waals surface area contributed by atoms with Crippen LogP contribution < -0.4 is 0 Å². The maximum atomic E-state index is 10.1. The van der Waals surface area contributed by atoms with E-state index < -0.39 is 5.97 Å². The SMILES string of the molecule is C=CC1(C=CC(=O)O)CC1. The van der Waals surface area contributed by atoms with Crippen LogP contribution in [0.5, 0.6) is 0 Å². The van der Waals surface area contributed by atoms with Crippen LogP contribution in [0.15, 0.2) is 24.8 Å². The van der Waals surface area contributed by atoms with Crippen LogP contribution >= 0.6 is 0 Å². The van der Waals surface area contributed by atoms with E-state index in [0.29, 0.717) is 0 Å². The Kier molecular flexibility index (Phi) is 1.62. The van der Waals surface area contributed by atoms with Gasteiger partial charge in [-0.25, -0.2) is 4.79 Å². The second-order valence-corrected chi connectivity index (χ2v) is 2.61. The smallest absolute Gasteiger partial charge is 0.328 e. The van der Waals surface area contributed by atoms with Crippen LogP contribution in [0.3, 0.4) is 0 Å². The van der Waals surface area contributed by atoms with E-state index in [0.717, 1.165) is 12.8 Å². The zero-order chi connectivity index (χ0) is 7.61. The van der Waals surface area contributed by atoms with E-state index in [9.17, 15) is 4.79 Å². The third-order valence-electron chi connectivity index (χ3n) is 1.79. The van der Waals surface area contributed by atoms with Gasteiger partial charge in [-0.2, -0.15) is 0 Å². The Balaban J connectivity index is 2.52. The average Bonchev–Trinajstić information content (AvgIpc) is 2.64. The lowest BCUT2D eigenvalue weighted by Crippen LogP contribution is -1.92. The van der Waals surface area contributed by atoms with Crippen molar-refractivity contribution in [3.05, 3.63) is 24.8 Å². The molecule has 0 aromatic heterocycles. The Bertz CT molecular complexity index is 187. The molecule has 0 spiro atoms. The van der Waals surface area contributed by atoms with E-state index >= 15 is 0 Å². The molecule has 0 amide bonds. The number of aliphatic carboxylic acids is 1. The van der Waals surface area contributed by atoms with Gasteiger partial charge in [0, 0.05) is 11.5 Å². The van der Waals surface area contributed by atoms with Crippen molar-refractivity contribution >= 4 is 5.97 Å². The van der Waals surface area contributed by atoms with Gasteiger partial charge in [0.25, 0.3) is 0 Å². The first-order chi connectivity index (χ1) is 4.68. The van der Waals surface area contributed by atoms with Gasteiger partial charge >= 0.3 is 5.97 Å². The third kappa shape index (κ3) is 1.47. The summed E-state index contributed by atoms with van der Waals surface area (Å²) in [6.07, 6.45) is 6.80.